The number of ether oxygens (including phenoxy) is 2. The number of hydrogen-bond donors (Lipinski definition) is 1. The van der Waals surface area contributed by atoms with Gasteiger partial charge < -0.3 is 14.6 Å². The average Bonchev–Trinajstić information content (AvgIpc) is 2.66. The van der Waals surface area contributed by atoms with Gasteiger partial charge in [-0.2, -0.15) is 0 Å². The maximum absolute atomic E-state index is 12.9. The number of fused-ring (bicyclic) bond motifs is 1. The number of hydrogen-bond acceptors (Lipinski definition) is 5. The summed E-state index contributed by atoms with van der Waals surface area (Å²) >= 11 is 0. The minimum absolute atomic E-state index is 0.0949. The lowest BCUT2D eigenvalue weighted by Crippen LogP contribution is -2.43. The van der Waals surface area contributed by atoms with Crippen LogP contribution in [0.25, 0.3) is 0 Å². The predicted molar refractivity (Wildman–Crippen MR) is 115 cm³/mol. The molecule has 0 amide bonds. The summed E-state index contributed by atoms with van der Waals surface area (Å²) in [7, 11) is 0. The normalized spacial score (nSPS) is 36.5. The first-order valence-corrected chi connectivity index (χ1v) is 11.6. The molecule has 0 saturated carbocycles. The van der Waals surface area contributed by atoms with Crippen LogP contribution in [0.4, 0.5) is 0 Å². The van der Waals surface area contributed by atoms with Crippen molar-refractivity contribution in [1.82, 2.24) is 0 Å². The molecule has 0 bridgehead atoms. The molecule has 0 spiro atoms. The van der Waals surface area contributed by atoms with Crippen molar-refractivity contribution in [2.45, 2.75) is 91.5 Å². The van der Waals surface area contributed by atoms with Crippen LogP contribution in [0.3, 0.4) is 0 Å². The van der Waals surface area contributed by atoms with E-state index in [2.05, 4.69) is 32.1 Å². The highest BCUT2D eigenvalue weighted by Crippen LogP contribution is 2.45. The van der Waals surface area contributed by atoms with Gasteiger partial charge in [-0.1, -0.05) is 39.0 Å². The van der Waals surface area contributed by atoms with E-state index in [9.17, 15) is 14.7 Å². The molecule has 0 unspecified atom stereocenters. The van der Waals surface area contributed by atoms with Crippen molar-refractivity contribution in [3.8, 4) is 0 Å². The lowest BCUT2D eigenvalue weighted by Gasteiger charge is -2.44. The van der Waals surface area contributed by atoms with Gasteiger partial charge in [0, 0.05) is 12.3 Å². The Morgan fingerprint density at radius 1 is 1.27 bits per heavy atom. The smallest absolute Gasteiger partial charge is 0.311 e. The number of aliphatic hydroxyl groups excluding tert-OH is 1. The standard InChI is InChI=1S/C25H38O5/c1-6-25(4,5)24(28)30-21-12-15(2)11-17-8-7-16(3)20(23(17)21)10-9-19-13-18(26)14-22(27)29-19/h7-8,11,15-16,18-21,23,26H,6,9-10,12-14H2,1-5H3/t15-,16-,18-,19-,20-,21-,23-/m1/s1. The van der Waals surface area contributed by atoms with Crippen LogP contribution in [0, 0.1) is 29.1 Å². The minimum atomic E-state index is -0.601. The molecule has 0 aromatic rings. The van der Waals surface area contributed by atoms with Crippen LogP contribution < -0.4 is 0 Å². The maximum Gasteiger partial charge on any atom is 0.311 e. The van der Waals surface area contributed by atoms with E-state index >= 15 is 0 Å². The summed E-state index contributed by atoms with van der Waals surface area (Å²) in [6.45, 7) is 10.3. The highest BCUT2D eigenvalue weighted by molar-refractivity contribution is 5.76. The molecule has 3 aliphatic rings. The first kappa shape index (κ1) is 23.1. The van der Waals surface area contributed by atoms with Gasteiger partial charge >= 0.3 is 11.9 Å². The monoisotopic (exact) mass is 418 g/mol. The number of esters is 2. The van der Waals surface area contributed by atoms with Crippen LogP contribution >= 0.6 is 0 Å². The van der Waals surface area contributed by atoms with Gasteiger partial charge in [-0.05, 0) is 62.9 Å². The molecule has 2 aliphatic carbocycles. The third-order valence-corrected chi connectivity index (χ3v) is 7.35. The van der Waals surface area contributed by atoms with E-state index in [0.29, 0.717) is 24.2 Å². The molecule has 168 valence electrons. The summed E-state index contributed by atoms with van der Waals surface area (Å²) in [6, 6.07) is 0. The molecule has 1 aliphatic heterocycles. The van der Waals surface area contributed by atoms with Crippen molar-refractivity contribution in [3.63, 3.8) is 0 Å². The quantitative estimate of drug-likeness (QED) is 0.639. The van der Waals surface area contributed by atoms with Gasteiger partial charge in [-0.3, -0.25) is 9.59 Å². The van der Waals surface area contributed by atoms with Crippen molar-refractivity contribution in [3.05, 3.63) is 23.8 Å². The van der Waals surface area contributed by atoms with Gasteiger partial charge in [0.1, 0.15) is 12.2 Å². The third kappa shape index (κ3) is 5.16. The average molecular weight is 419 g/mol. The van der Waals surface area contributed by atoms with Crippen LogP contribution in [0.5, 0.6) is 0 Å². The van der Waals surface area contributed by atoms with E-state index < -0.39 is 11.5 Å². The zero-order valence-electron chi connectivity index (χ0n) is 19.1. The van der Waals surface area contributed by atoms with Gasteiger partial charge in [-0.15, -0.1) is 0 Å². The molecule has 5 heteroatoms. The number of aliphatic hydroxyl groups is 1. The molecule has 1 heterocycles. The Morgan fingerprint density at radius 3 is 2.67 bits per heavy atom. The van der Waals surface area contributed by atoms with Gasteiger partial charge in [0.05, 0.1) is 17.9 Å². The Labute approximate surface area is 180 Å². The van der Waals surface area contributed by atoms with E-state index in [1.165, 1.54) is 5.57 Å². The Bertz CT molecular complexity index is 706. The van der Waals surface area contributed by atoms with E-state index in [4.69, 9.17) is 9.47 Å². The summed E-state index contributed by atoms with van der Waals surface area (Å²) < 4.78 is 11.6. The van der Waals surface area contributed by atoms with E-state index in [1.54, 1.807) is 0 Å². The fourth-order valence-corrected chi connectivity index (χ4v) is 5.08. The van der Waals surface area contributed by atoms with E-state index in [0.717, 1.165) is 25.7 Å². The van der Waals surface area contributed by atoms with Crippen molar-refractivity contribution >= 4 is 11.9 Å². The Kier molecular flexibility index (Phi) is 7.11. The Hall–Kier alpha value is -1.62. The van der Waals surface area contributed by atoms with Crippen LogP contribution in [0.2, 0.25) is 0 Å². The minimum Gasteiger partial charge on any atom is -0.462 e. The molecule has 30 heavy (non-hydrogen) atoms. The van der Waals surface area contributed by atoms with Crippen molar-refractivity contribution in [2.24, 2.45) is 29.1 Å². The van der Waals surface area contributed by atoms with Crippen molar-refractivity contribution < 1.29 is 24.2 Å². The summed E-state index contributed by atoms with van der Waals surface area (Å²) in [5, 5.41) is 9.92. The summed E-state index contributed by atoms with van der Waals surface area (Å²) in [5.74, 6) is 0.776. The van der Waals surface area contributed by atoms with Gasteiger partial charge in [0.15, 0.2) is 0 Å². The molecule has 0 aromatic heterocycles. The van der Waals surface area contributed by atoms with Crippen molar-refractivity contribution in [2.75, 3.05) is 0 Å². The molecule has 0 radical (unpaired) electrons. The predicted octanol–water partition coefficient (Wildman–Crippen LogP) is 4.59. The number of cyclic esters (lactones) is 1. The summed E-state index contributed by atoms with van der Waals surface area (Å²) in [4.78, 5) is 24.6. The number of rotatable bonds is 6. The van der Waals surface area contributed by atoms with Crippen molar-refractivity contribution in [1.29, 1.82) is 0 Å². The lowest BCUT2D eigenvalue weighted by atomic mass is 9.65. The molecule has 1 N–H and O–H groups in total. The summed E-state index contributed by atoms with van der Waals surface area (Å²) in [6.07, 6.45) is 9.61. The first-order valence-electron chi connectivity index (χ1n) is 11.6. The van der Waals surface area contributed by atoms with Crippen LogP contribution in [-0.4, -0.2) is 35.4 Å². The largest absolute Gasteiger partial charge is 0.462 e. The number of carbonyl (C=O) groups is 2. The number of allylic oxidation sites excluding steroid dienone is 3. The van der Waals surface area contributed by atoms with Gasteiger partial charge in [0.2, 0.25) is 0 Å². The molecule has 3 rings (SSSR count). The maximum atomic E-state index is 12.9. The molecule has 1 saturated heterocycles. The summed E-state index contributed by atoms with van der Waals surface area (Å²) in [5.41, 5.74) is 0.785. The van der Waals surface area contributed by atoms with E-state index in [1.807, 2.05) is 20.8 Å². The SMILES string of the molecule is CCC(C)(C)C(=O)O[C@@H]1C[C@H](C)C=C2C=C[C@@H](C)[C@@H](CC[C@@H]3C[C@@H](O)CC(=O)O3)[C@@H]21. The lowest BCUT2D eigenvalue weighted by molar-refractivity contribution is -0.166. The topological polar surface area (TPSA) is 72.8 Å². The van der Waals surface area contributed by atoms with Crippen LogP contribution in [0.1, 0.15) is 73.1 Å². The first-order chi connectivity index (χ1) is 14.1. The Morgan fingerprint density at radius 2 is 2.00 bits per heavy atom. The molecule has 7 atom stereocenters. The highest BCUT2D eigenvalue weighted by atomic mass is 16.6. The van der Waals surface area contributed by atoms with E-state index in [-0.39, 0.29) is 36.5 Å². The second-order valence-electron chi connectivity index (χ2n) is 10.3. The zero-order valence-corrected chi connectivity index (χ0v) is 19.1. The van der Waals surface area contributed by atoms with Gasteiger partial charge in [0.25, 0.3) is 0 Å². The fourth-order valence-electron chi connectivity index (χ4n) is 5.08. The molecular weight excluding hydrogens is 380 g/mol. The second-order valence-corrected chi connectivity index (χ2v) is 10.3. The molecule has 0 aromatic carbocycles. The third-order valence-electron chi connectivity index (χ3n) is 7.35. The molecule has 5 nitrogen and oxygen atoms in total. The van der Waals surface area contributed by atoms with Crippen LogP contribution in [0.15, 0.2) is 23.8 Å². The Balaban J connectivity index is 1.76. The second kappa shape index (κ2) is 9.25. The zero-order chi connectivity index (χ0) is 22.1. The molecule has 1 fully saturated rings. The fraction of sp³-hybridized carbons (Fsp3) is 0.760. The van der Waals surface area contributed by atoms with Crippen LogP contribution in [-0.2, 0) is 19.1 Å². The molecular formula is C25H38O5. The highest BCUT2D eigenvalue weighted by Gasteiger charge is 2.43. The van der Waals surface area contributed by atoms with Gasteiger partial charge in [-0.25, -0.2) is 0 Å². The number of carbonyl (C=O) groups excluding carboxylic acids is 2.